The van der Waals surface area contributed by atoms with Gasteiger partial charge in [-0.15, -0.1) is 0 Å². The van der Waals surface area contributed by atoms with Crippen LogP contribution < -0.4 is 4.90 Å². The summed E-state index contributed by atoms with van der Waals surface area (Å²) in [5, 5.41) is 1.94. The van der Waals surface area contributed by atoms with Crippen LogP contribution in [0.2, 0.25) is 10.0 Å². The summed E-state index contributed by atoms with van der Waals surface area (Å²) in [6, 6.07) is 11.8. The van der Waals surface area contributed by atoms with E-state index in [2.05, 4.69) is 21.8 Å². The van der Waals surface area contributed by atoms with Gasteiger partial charge in [-0.05, 0) is 49.1 Å². The fraction of sp³-hybridized carbons (Fsp3) is 0.318. The normalized spacial score (nSPS) is 19.4. The first-order chi connectivity index (χ1) is 14.0. The van der Waals surface area contributed by atoms with Crippen LogP contribution in [-0.4, -0.2) is 35.6 Å². The van der Waals surface area contributed by atoms with Crippen LogP contribution in [-0.2, 0) is 9.53 Å². The van der Waals surface area contributed by atoms with Crippen molar-refractivity contribution in [1.82, 2.24) is 9.97 Å². The van der Waals surface area contributed by atoms with E-state index in [1.165, 1.54) is 7.11 Å². The number of nitrogens with zero attached hydrogens (tertiary/aromatic N) is 3. The van der Waals surface area contributed by atoms with E-state index in [1.807, 2.05) is 30.3 Å². The molecule has 1 fully saturated rings. The van der Waals surface area contributed by atoms with Crippen molar-refractivity contribution < 1.29 is 9.53 Å². The zero-order valence-corrected chi connectivity index (χ0v) is 17.7. The maximum absolute atomic E-state index is 12.2. The van der Waals surface area contributed by atoms with E-state index in [0.717, 1.165) is 40.7 Å². The second-order valence-electron chi connectivity index (χ2n) is 7.32. The Morgan fingerprint density at radius 3 is 2.72 bits per heavy atom. The molecule has 2 heterocycles. The van der Waals surface area contributed by atoms with Crippen LogP contribution in [0.4, 0.5) is 5.82 Å². The Labute approximate surface area is 179 Å². The average Bonchev–Trinajstić information content (AvgIpc) is 2.74. The van der Waals surface area contributed by atoms with E-state index >= 15 is 0 Å². The lowest BCUT2D eigenvalue weighted by atomic mass is 9.92. The average molecular weight is 430 g/mol. The van der Waals surface area contributed by atoms with Gasteiger partial charge in [0.1, 0.15) is 12.1 Å². The number of ether oxygens (including phenoxy) is 1. The number of piperidine rings is 1. The van der Waals surface area contributed by atoms with Crippen LogP contribution in [0.25, 0.3) is 22.0 Å². The summed E-state index contributed by atoms with van der Waals surface area (Å²) in [7, 11) is 1.44. The van der Waals surface area contributed by atoms with Gasteiger partial charge in [-0.2, -0.15) is 0 Å². The summed E-state index contributed by atoms with van der Waals surface area (Å²) in [5.74, 6) is 0.473. The van der Waals surface area contributed by atoms with Gasteiger partial charge in [0.05, 0.1) is 34.0 Å². The summed E-state index contributed by atoms with van der Waals surface area (Å²) in [4.78, 5) is 23.5. The van der Waals surface area contributed by atoms with Gasteiger partial charge in [0.2, 0.25) is 0 Å². The molecular weight excluding hydrogens is 409 g/mol. The highest BCUT2D eigenvalue weighted by atomic mass is 35.5. The second-order valence-corrected chi connectivity index (χ2v) is 8.14. The molecule has 0 radical (unpaired) electrons. The smallest absolute Gasteiger partial charge is 0.310 e. The predicted octanol–water partition coefficient (Wildman–Crippen LogP) is 5.38. The van der Waals surface area contributed by atoms with Gasteiger partial charge in [-0.1, -0.05) is 41.4 Å². The second kappa shape index (κ2) is 8.17. The van der Waals surface area contributed by atoms with Gasteiger partial charge in [0, 0.05) is 12.6 Å². The molecule has 0 spiro atoms. The summed E-state index contributed by atoms with van der Waals surface area (Å²) in [5.41, 5.74) is 2.75. The molecule has 0 aliphatic carbocycles. The van der Waals surface area contributed by atoms with Crippen molar-refractivity contribution in [1.29, 1.82) is 0 Å². The largest absolute Gasteiger partial charge is 0.469 e. The first-order valence-corrected chi connectivity index (χ1v) is 10.3. The third-order valence-corrected chi connectivity index (χ3v) is 6.30. The number of fused-ring (bicyclic) bond motifs is 1. The van der Waals surface area contributed by atoms with Crippen molar-refractivity contribution in [3.63, 3.8) is 0 Å². The number of rotatable bonds is 3. The van der Waals surface area contributed by atoms with Crippen molar-refractivity contribution >= 4 is 45.9 Å². The Kier molecular flexibility index (Phi) is 5.61. The third kappa shape index (κ3) is 3.77. The first-order valence-electron chi connectivity index (χ1n) is 9.53. The molecule has 0 saturated carbocycles. The van der Waals surface area contributed by atoms with E-state index in [9.17, 15) is 4.79 Å². The number of hydrogen-bond donors (Lipinski definition) is 0. The van der Waals surface area contributed by atoms with Crippen LogP contribution >= 0.6 is 23.2 Å². The molecule has 1 aromatic heterocycles. The number of anilines is 1. The molecule has 5 nitrogen and oxygen atoms in total. The lowest BCUT2D eigenvalue weighted by Crippen LogP contribution is -2.45. The lowest BCUT2D eigenvalue weighted by Gasteiger charge is -2.38. The number of hydrogen-bond acceptors (Lipinski definition) is 5. The Hall–Kier alpha value is -2.37. The SMILES string of the molecule is COC(=O)[C@H]1CC[C@H](C)N(c2ncnc3cccc(-c4ccc(Cl)c(Cl)c4)c23)C1. The topological polar surface area (TPSA) is 55.3 Å². The number of methoxy groups -OCH3 is 1. The fourth-order valence-electron chi connectivity index (χ4n) is 3.98. The molecule has 7 heteroatoms. The molecular formula is C22H21Cl2N3O2. The number of halogens is 2. The highest BCUT2D eigenvalue weighted by Gasteiger charge is 2.32. The predicted molar refractivity (Wildman–Crippen MR) is 117 cm³/mol. The molecule has 0 N–H and O–H groups in total. The number of esters is 1. The summed E-state index contributed by atoms with van der Waals surface area (Å²) in [6.45, 7) is 2.72. The van der Waals surface area contributed by atoms with Gasteiger partial charge in [-0.3, -0.25) is 4.79 Å². The van der Waals surface area contributed by atoms with E-state index in [0.29, 0.717) is 16.6 Å². The fourth-order valence-corrected chi connectivity index (χ4v) is 4.27. The molecule has 1 aliphatic heterocycles. The number of benzene rings is 2. The van der Waals surface area contributed by atoms with E-state index in [4.69, 9.17) is 27.9 Å². The van der Waals surface area contributed by atoms with Crippen molar-refractivity contribution in [3.05, 3.63) is 52.8 Å². The van der Waals surface area contributed by atoms with Crippen molar-refractivity contribution in [2.24, 2.45) is 5.92 Å². The Bertz CT molecular complexity index is 1070. The first kappa shape index (κ1) is 19.9. The maximum Gasteiger partial charge on any atom is 0.310 e. The minimum Gasteiger partial charge on any atom is -0.469 e. The van der Waals surface area contributed by atoms with Crippen LogP contribution in [0.5, 0.6) is 0 Å². The third-order valence-electron chi connectivity index (χ3n) is 5.56. The quantitative estimate of drug-likeness (QED) is 0.522. The van der Waals surface area contributed by atoms with Gasteiger partial charge in [-0.25, -0.2) is 9.97 Å². The van der Waals surface area contributed by atoms with Crippen molar-refractivity contribution in [2.75, 3.05) is 18.6 Å². The van der Waals surface area contributed by atoms with Crippen molar-refractivity contribution in [2.45, 2.75) is 25.8 Å². The molecule has 1 aliphatic rings. The summed E-state index contributed by atoms with van der Waals surface area (Å²) < 4.78 is 4.99. The molecule has 0 bridgehead atoms. The van der Waals surface area contributed by atoms with Gasteiger partial charge < -0.3 is 9.64 Å². The molecule has 150 valence electrons. The van der Waals surface area contributed by atoms with Crippen LogP contribution in [0, 0.1) is 5.92 Å². The highest BCUT2D eigenvalue weighted by molar-refractivity contribution is 6.42. The Morgan fingerprint density at radius 2 is 1.97 bits per heavy atom. The molecule has 0 unspecified atom stereocenters. The standard InChI is InChI=1S/C22H21Cl2N3O2/c1-13-6-7-15(22(28)29-2)11-27(13)21-20-16(4-3-5-19(20)25-12-26-21)14-8-9-17(23)18(24)10-14/h3-5,8-10,12-13,15H,6-7,11H2,1-2H3/t13-,15-/m0/s1. The van der Waals surface area contributed by atoms with Crippen LogP contribution in [0.3, 0.4) is 0 Å². The monoisotopic (exact) mass is 429 g/mol. The Balaban J connectivity index is 1.87. The minimum atomic E-state index is -0.176. The lowest BCUT2D eigenvalue weighted by molar-refractivity contribution is -0.145. The van der Waals surface area contributed by atoms with Crippen LogP contribution in [0.15, 0.2) is 42.7 Å². The number of carbonyl (C=O) groups is 1. The molecule has 0 amide bonds. The summed E-state index contributed by atoms with van der Waals surface area (Å²) in [6.07, 6.45) is 3.28. The molecule has 2 aromatic carbocycles. The summed E-state index contributed by atoms with van der Waals surface area (Å²) >= 11 is 12.4. The van der Waals surface area contributed by atoms with E-state index < -0.39 is 0 Å². The van der Waals surface area contributed by atoms with E-state index in [-0.39, 0.29) is 17.9 Å². The zero-order valence-electron chi connectivity index (χ0n) is 16.2. The molecule has 2 atom stereocenters. The maximum atomic E-state index is 12.2. The Morgan fingerprint density at radius 1 is 1.14 bits per heavy atom. The molecule has 4 rings (SSSR count). The molecule has 1 saturated heterocycles. The van der Waals surface area contributed by atoms with Crippen LogP contribution in [0.1, 0.15) is 19.8 Å². The molecule has 29 heavy (non-hydrogen) atoms. The van der Waals surface area contributed by atoms with Crippen molar-refractivity contribution in [3.8, 4) is 11.1 Å². The van der Waals surface area contributed by atoms with Gasteiger partial charge in [0.25, 0.3) is 0 Å². The minimum absolute atomic E-state index is 0.168. The number of carbonyl (C=O) groups excluding carboxylic acids is 1. The van der Waals surface area contributed by atoms with Gasteiger partial charge in [0.15, 0.2) is 0 Å². The molecule has 3 aromatic rings. The zero-order chi connectivity index (χ0) is 20.5. The van der Waals surface area contributed by atoms with Gasteiger partial charge >= 0.3 is 5.97 Å². The number of aromatic nitrogens is 2. The van der Waals surface area contributed by atoms with E-state index in [1.54, 1.807) is 12.4 Å². The highest BCUT2D eigenvalue weighted by Crippen LogP contribution is 2.38.